The summed E-state index contributed by atoms with van der Waals surface area (Å²) in [5, 5.41) is 4.33. The van der Waals surface area contributed by atoms with Gasteiger partial charge in [-0.15, -0.1) is 0 Å². The van der Waals surface area contributed by atoms with Gasteiger partial charge in [-0.3, -0.25) is 9.59 Å². The average molecular weight is 375 g/mol. The number of carbonyl (C=O) groups excluding carboxylic acids is 2. The van der Waals surface area contributed by atoms with E-state index in [-0.39, 0.29) is 16.7 Å². The second-order valence-corrected chi connectivity index (χ2v) is 10.0. The van der Waals surface area contributed by atoms with Gasteiger partial charge in [0.15, 0.2) is 0 Å². The fraction of sp³-hybridized carbons (Fsp3) is 0.864. The predicted molar refractivity (Wildman–Crippen MR) is 104 cm³/mol. The molecule has 0 spiro atoms. The van der Waals surface area contributed by atoms with Gasteiger partial charge in [-0.2, -0.15) is 0 Å². The molecule has 150 valence electrons. The summed E-state index contributed by atoms with van der Waals surface area (Å²) in [6.07, 6.45) is 6.17. The molecule has 5 nitrogen and oxygen atoms in total. The van der Waals surface area contributed by atoms with Crippen LogP contribution in [0.1, 0.15) is 65.7 Å². The van der Waals surface area contributed by atoms with Gasteiger partial charge in [0.25, 0.3) is 0 Å². The molecule has 4 aliphatic rings. The molecule has 0 aromatic rings. The normalized spacial score (nSPS) is 48.1. The van der Waals surface area contributed by atoms with E-state index < -0.39 is 0 Å². The second kappa shape index (κ2) is 6.68. The molecular weight excluding hydrogens is 340 g/mol. The maximum atomic E-state index is 13.2. The van der Waals surface area contributed by atoms with Crippen LogP contribution in [0.3, 0.4) is 0 Å². The molecule has 0 amide bonds. The standard InChI is InChI=1S/C22H34N2O3/c1-13-12-22(3)16-6-7-21(2)15(4-5-20(21)26)14(16)10-19(25)17(22)11-18(13)24-27-9-8-23/h13-17H,4-12,23H2,1-3H3/b24-18-/t13-,14+,15+,16+,17+,21+,22-/m1/s1. The number of nitrogens with zero attached hydrogens (tertiary/aromatic N) is 1. The second-order valence-electron chi connectivity index (χ2n) is 10.0. The first kappa shape index (κ1) is 19.1. The molecule has 0 aromatic heterocycles. The quantitative estimate of drug-likeness (QED) is 0.607. The minimum Gasteiger partial charge on any atom is -0.394 e. The number of ketones is 2. The highest BCUT2D eigenvalue weighted by Gasteiger charge is 2.62. The lowest BCUT2D eigenvalue weighted by molar-refractivity contribution is -0.153. The third-order valence-electron chi connectivity index (χ3n) is 8.73. The Labute approximate surface area is 162 Å². The highest BCUT2D eigenvalue weighted by molar-refractivity contribution is 5.94. The summed E-state index contributed by atoms with van der Waals surface area (Å²) in [7, 11) is 0. The SMILES string of the molecule is C[C@@H]1C[C@@]2(C)[C@@H](C/C1=N/OCCN)C(=O)C[C@@H]1[C@@H]2CC[C@]2(C)C(=O)CC[C@@H]12. The van der Waals surface area contributed by atoms with E-state index in [1.165, 1.54) is 0 Å². The van der Waals surface area contributed by atoms with Gasteiger partial charge < -0.3 is 10.6 Å². The molecule has 4 aliphatic carbocycles. The van der Waals surface area contributed by atoms with Crippen molar-refractivity contribution in [1.82, 2.24) is 0 Å². The predicted octanol–water partition coefficient (Wildman–Crippen LogP) is 3.35. The molecule has 5 heteroatoms. The van der Waals surface area contributed by atoms with Crippen LogP contribution < -0.4 is 5.73 Å². The van der Waals surface area contributed by atoms with Gasteiger partial charge in [0.2, 0.25) is 0 Å². The molecule has 7 atom stereocenters. The fourth-order valence-electron chi connectivity index (χ4n) is 7.30. The zero-order valence-electron chi connectivity index (χ0n) is 17.0. The molecule has 0 bridgehead atoms. The van der Waals surface area contributed by atoms with Gasteiger partial charge >= 0.3 is 0 Å². The van der Waals surface area contributed by atoms with Crippen LogP contribution in [0.2, 0.25) is 0 Å². The van der Waals surface area contributed by atoms with Crippen molar-refractivity contribution in [2.75, 3.05) is 13.2 Å². The number of hydrogen-bond donors (Lipinski definition) is 1. The highest BCUT2D eigenvalue weighted by atomic mass is 16.6. The van der Waals surface area contributed by atoms with Gasteiger partial charge in [-0.1, -0.05) is 25.9 Å². The fourth-order valence-corrected chi connectivity index (χ4v) is 7.30. The zero-order valence-corrected chi connectivity index (χ0v) is 17.0. The Kier molecular flexibility index (Phi) is 4.73. The van der Waals surface area contributed by atoms with Crippen molar-refractivity contribution in [1.29, 1.82) is 0 Å². The molecule has 0 heterocycles. The number of hydrogen-bond acceptors (Lipinski definition) is 5. The largest absolute Gasteiger partial charge is 0.394 e. The van der Waals surface area contributed by atoms with E-state index in [0.717, 1.165) is 37.8 Å². The molecule has 27 heavy (non-hydrogen) atoms. The number of carbonyl (C=O) groups is 2. The van der Waals surface area contributed by atoms with Gasteiger partial charge in [0.1, 0.15) is 18.2 Å². The lowest BCUT2D eigenvalue weighted by Crippen LogP contribution is -2.57. The van der Waals surface area contributed by atoms with Crippen molar-refractivity contribution >= 4 is 17.3 Å². The Morgan fingerprint density at radius 2 is 1.96 bits per heavy atom. The number of rotatable bonds is 3. The van der Waals surface area contributed by atoms with Crippen LogP contribution in [-0.2, 0) is 14.4 Å². The number of nitrogens with two attached hydrogens (primary N) is 1. The highest BCUT2D eigenvalue weighted by Crippen LogP contribution is 2.64. The summed E-state index contributed by atoms with van der Waals surface area (Å²) in [6.45, 7) is 7.61. The minimum atomic E-state index is -0.173. The number of fused-ring (bicyclic) bond motifs is 5. The molecular formula is C22H34N2O3. The van der Waals surface area contributed by atoms with E-state index in [1.54, 1.807) is 0 Å². The van der Waals surface area contributed by atoms with Crippen molar-refractivity contribution in [2.45, 2.75) is 65.7 Å². The summed E-state index contributed by atoms with van der Waals surface area (Å²) in [6, 6.07) is 0. The summed E-state index contributed by atoms with van der Waals surface area (Å²) in [5.41, 5.74) is 6.37. The maximum absolute atomic E-state index is 13.2. The van der Waals surface area contributed by atoms with E-state index in [4.69, 9.17) is 10.6 Å². The average Bonchev–Trinajstić information content (AvgIpc) is 2.92. The third-order valence-corrected chi connectivity index (χ3v) is 8.73. The van der Waals surface area contributed by atoms with Crippen molar-refractivity contribution in [2.24, 2.45) is 51.3 Å². The smallest absolute Gasteiger partial charge is 0.139 e. The molecule has 0 radical (unpaired) electrons. The summed E-state index contributed by atoms with van der Waals surface area (Å²) < 4.78 is 0. The van der Waals surface area contributed by atoms with Crippen LogP contribution >= 0.6 is 0 Å². The summed E-state index contributed by atoms with van der Waals surface area (Å²) >= 11 is 0. The molecule has 0 aromatic carbocycles. The van der Waals surface area contributed by atoms with Crippen LogP contribution in [0.4, 0.5) is 0 Å². The Hall–Kier alpha value is -1.23. The van der Waals surface area contributed by atoms with Crippen molar-refractivity contribution in [3.63, 3.8) is 0 Å². The molecule has 0 saturated heterocycles. The topological polar surface area (TPSA) is 81.8 Å². The van der Waals surface area contributed by atoms with Crippen molar-refractivity contribution in [3.8, 4) is 0 Å². The van der Waals surface area contributed by atoms with Gasteiger partial charge in [0.05, 0.1) is 5.71 Å². The Balaban J connectivity index is 1.61. The first-order valence-corrected chi connectivity index (χ1v) is 10.8. The minimum absolute atomic E-state index is 0.0271. The number of Topliss-reactive ketones (excluding diaryl/α,β-unsaturated/α-hetero) is 2. The maximum Gasteiger partial charge on any atom is 0.139 e. The van der Waals surface area contributed by atoms with Crippen LogP contribution in [0.25, 0.3) is 0 Å². The monoisotopic (exact) mass is 374 g/mol. The number of oxime groups is 1. The molecule has 0 unspecified atom stereocenters. The first-order chi connectivity index (χ1) is 12.8. The molecule has 4 saturated carbocycles. The van der Waals surface area contributed by atoms with E-state index in [9.17, 15) is 9.59 Å². The van der Waals surface area contributed by atoms with Crippen LogP contribution in [0.15, 0.2) is 5.16 Å². The third kappa shape index (κ3) is 2.80. The van der Waals surface area contributed by atoms with Crippen LogP contribution in [0, 0.1) is 40.4 Å². The lowest BCUT2D eigenvalue weighted by atomic mass is 9.44. The Morgan fingerprint density at radius 3 is 2.70 bits per heavy atom. The molecule has 0 aliphatic heterocycles. The van der Waals surface area contributed by atoms with Crippen molar-refractivity contribution < 1.29 is 14.4 Å². The van der Waals surface area contributed by atoms with Gasteiger partial charge in [-0.05, 0) is 61.2 Å². The van der Waals surface area contributed by atoms with E-state index >= 15 is 0 Å². The Morgan fingerprint density at radius 1 is 1.19 bits per heavy atom. The van der Waals surface area contributed by atoms with Crippen molar-refractivity contribution in [3.05, 3.63) is 0 Å². The van der Waals surface area contributed by atoms with Crippen LogP contribution in [-0.4, -0.2) is 30.4 Å². The molecule has 4 rings (SSSR count). The Bertz CT molecular complexity index is 674. The van der Waals surface area contributed by atoms with Crippen LogP contribution in [0.5, 0.6) is 0 Å². The van der Waals surface area contributed by atoms with E-state index in [2.05, 4.69) is 25.9 Å². The molecule has 2 N–H and O–H groups in total. The van der Waals surface area contributed by atoms with Gasteiger partial charge in [0, 0.05) is 30.7 Å². The van der Waals surface area contributed by atoms with Gasteiger partial charge in [-0.25, -0.2) is 0 Å². The summed E-state index contributed by atoms with van der Waals surface area (Å²) in [4.78, 5) is 31.1. The van der Waals surface area contributed by atoms with E-state index in [1.807, 2.05) is 0 Å². The zero-order chi connectivity index (χ0) is 19.4. The first-order valence-electron chi connectivity index (χ1n) is 10.8. The summed E-state index contributed by atoms with van der Waals surface area (Å²) in [5.74, 6) is 2.56. The lowest BCUT2D eigenvalue weighted by Gasteiger charge is -2.59. The molecule has 4 fully saturated rings. The van der Waals surface area contributed by atoms with E-state index in [0.29, 0.717) is 61.2 Å².